The smallest absolute Gasteiger partial charge is 0.338 e. The largest absolute Gasteiger partial charge is 0.478 e. The number of carbonyl (C=O) groups is 3. The summed E-state index contributed by atoms with van der Waals surface area (Å²) in [7, 11) is 0. The summed E-state index contributed by atoms with van der Waals surface area (Å²) in [5, 5.41) is 16.6. The summed E-state index contributed by atoms with van der Waals surface area (Å²) in [6, 6.07) is 13.8. The molecule has 0 aliphatic heterocycles. The maximum atomic E-state index is 13.0. The standard InChI is InChI=1S/C25H14Cl5N3O4S2/c26-12-6-4-11(5-7-12)15-9-39-25(32-15)33-16(34)10-38-14-3-1-2-13(8-14)31-23(35)17-18(24(36)37)20(28)22(30)21(29)19(17)27/h1-9H,10H2,(H,31,35)(H,36,37)(H,32,33,34). The molecule has 0 fully saturated rings. The summed E-state index contributed by atoms with van der Waals surface area (Å²) in [5.74, 6) is -2.54. The maximum Gasteiger partial charge on any atom is 0.338 e. The van der Waals surface area contributed by atoms with Crippen LogP contribution in [0.25, 0.3) is 11.3 Å². The van der Waals surface area contributed by atoms with Gasteiger partial charge in [-0.3, -0.25) is 9.59 Å². The number of carbonyl (C=O) groups excluding carboxylic acids is 2. The second kappa shape index (κ2) is 12.8. The molecule has 7 nitrogen and oxygen atoms in total. The van der Waals surface area contributed by atoms with Gasteiger partial charge in [-0.25, -0.2) is 9.78 Å². The third kappa shape index (κ3) is 6.99. The number of amides is 2. The van der Waals surface area contributed by atoms with Gasteiger partial charge in [0.25, 0.3) is 5.91 Å². The van der Waals surface area contributed by atoms with Crippen LogP contribution in [0.4, 0.5) is 10.8 Å². The molecule has 0 atom stereocenters. The van der Waals surface area contributed by atoms with E-state index < -0.39 is 28.0 Å². The molecule has 0 radical (unpaired) electrons. The van der Waals surface area contributed by atoms with Gasteiger partial charge < -0.3 is 15.7 Å². The van der Waals surface area contributed by atoms with Crippen molar-refractivity contribution in [1.82, 2.24) is 4.98 Å². The summed E-state index contributed by atoms with van der Waals surface area (Å²) in [5.41, 5.74) is 0.925. The van der Waals surface area contributed by atoms with Crippen LogP contribution in [0.1, 0.15) is 20.7 Å². The predicted octanol–water partition coefficient (Wildman–Crippen LogP) is 8.76. The highest BCUT2D eigenvalue weighted by Crippen LogP contribution is 2.42. The summed E-state index contributed by atoms with van der Waals surface area (Å²) < 4.78 is 0. The van der Waals surface area contributed by atoms with Crippen molar-refractivity contribution in [3.8, 4) is 11.3 Å². The third-order valence-corrected chi connectivity index (χ3v) is 8.87. The zero-order valence-electron chi connectivity index (χ0n) is 19.2. The summed E-state index contributed by atoms with van der Waals surface area (Å²) in [6.45, 7) is 0. The lowest BCUT2D eigenvalue weighted by atomic mass is 10.1. The number of carboxylic acid groups (broad SMARTS) is 1. The molecule has 0 saturated heterocycles. The van der Waals surface area contributed by atoms with E-state index in [9.17, 15) is 19.5 Å². The van der Waals surface area contributed by atoms with E-state index in [2.05, 4.69) is 15.6 Å². The Morgan fingerprint density at radius 3 is 2.21 bits per heavy atom. The molecule has 4 rings (SSSR count). The molecular formula is C25H14Cl5N3O4S2. The molecule has 14 heteroatoms. The number of carboxylic acids is 1. The minimum atomic E-state index is -1.50. The van der Waals surface area contributed by atoms with Crippen LogP contribution >= 0.6 is 81.1 Å². The Bertz CT molecular complexity index is 1600. The molecule has 200 valence electrons. The molecule has 2 amide bonds. The highest BCUT2D eigenvalue weighted by Gasteiger charge is 2.29. The van der Waals surface area contributed by atoms with Crippen molar-refractivity contribution < 1.29 is 19.5 Å². The van der Waals surface area contributed by atoms with Crippen LogP contribution < -0.4 is 10.6 Å². The number of thioether (sulfide) groups is 1. The van der Waals surface area contributed by atoms with Gasteiger partial charge in [0.1, 0.15) is 0 Å². The molecule has 0 bridgehead atoms. The van der Waals surface area contributed by atoms with Crippen molar-refractivity contribution in [2.45, 2.75) is 4.90 Å². The lowest BCUT2D eigenvalue weighted by molar-refractivity contribution is -0.113. The number of nitrogens with zero attached hydrogens (tertiary/aromatic N) is 1. The lowest BCUT2D eigenvalue weighted by Gasteiger charge is -2.14. The van der Waals surface area contributed by atoms with E-state index >= 15 is 0 Å². The van der Waals surface area contributed by atoms with Crippen LogP contribution in [0, 0.1) is 0 Å². The fourth-order valence-corrected chi connectivity index (χ4v) is 5.93. The average Bonchev–Trinajstić information content (AvgIpc) is 3.36. The first kappa shape index (κ1) is 29.5. The molecule has 0 aliphatic carbocycles. The van der Waals surface area contributed by atoms with E-state index in [-0.39, 0.29) is 26.7 Å². The third-order valence-electron chi connectivity index (χ3n) is 5.06. The Morgan fingerprint density at radius 2 is 1.54 bits per heavy atom. The number of anilines is 2. The maximum absolute atomic E-state index is 13.0. The fourth-order valence-electron chi connectivity index (χ4n) is 3.29. The van der Waals surface area contributed by atoms with E-state index in [0.717, 1.165) is 11.3 Å². The number of rotatable bonds is 8. The molecule has 39 heavy (non-hydrogen) atoms. The van der Waals surface area contributed by atoms with Gasteiger partial charge in [-0.1, -0.05) is 76.2 Å². The van der Waals surface area contributed by atoms with Crippen LogP contribution in [-0.4, -0.2) is 33.6 Å². The van der Waals surface area contributed by atoms with Crippen molar-refractivity contribution in [2.24, 2.45) is 0 Å². The minimum Gasteiger partial charge on any atom is -0.478 e. The van der Waals surface area contributed by atoms with Gasteiger partial charge in [0, 0.05) is 26.5 Å². The molecule has 0 saturated carbocycles. The summed E-state index contributed by atoms with van der Waals surface area (Å²) in [6.07, 6.45) is 0. The highest BCUT2D eigenvalue weighted by atomic mass is 35.5. The van der Waals surface area contributed by atoms with Crippen LogP contribution in [0.5, 0.6) is 0 Å². The first-order chi connectivity index (χ1) is 18.5. The van der Waals surface area contributed by atoms with Crippen molar-refractivity contribution >= 4 is 110 Å². The zero-order chi connectivity index (χ0) is 28.3. The van der Waals surface area contributed by atoms with E-state index in [4.69, 9.17) is 58.0 Å². The Balaban J connectivity index is 1.41. The first-order valence-electron chi connectivity index (χ1n) is 10.7. The number of hydrogen-bond acceptors (Lipinski definition) is 6. The quantitative estimate of drug-likeness (QED) is 0.0990. The zero-order valence-corrected chi connectivity index (χ0v) is 24.6. The van der Waals surface area contributed by atoms with Gasteiger partial charge in [0.15, 0.2) is 5.13 Å². The van der Waals surface area contributed by atoms with Gasteiger partial charge in [0.05, 0.1) is 42.7 Å². The lowest BCUT2D eigenvalue weighted by Crippen LogP contribution is -2.18. The Hall–Kier alpha value is -2.50. The van der Waals surface area contributed by atoms with Gasteiger partial charge in [-0.05, 0) is 30.3 Å². The first-order valence-corrected chi connectivity index (χ1v) is 14.5. The van der Waals surface area contributed by atoms with E-state index in [1.54, 1.807) is 36.4 Å². The predicted molar refractivity (Wildman–Crippen MR) is 160 cm³/mol. The highest BCUT2D eigenvalue weighted by molar-refractivity contribution is 8.00. The Kier molecular flexibility index (Phi) is 9.66. The second-order valence-electron chi connectivity index (χ2n) is 7.67. The van der Waals surface area contributed by atoms with Crippen LogP contribution in [0.15, 0.2) is 58.8 Å². The van der Waals surface area contributed by atoms with Gasteiger partial charge in [-0.15, -0.1) is 23.1 Å². The van der Waals surface area contributed by atoms with Gasteiger partial charge >= 0.3 is 5.97 Å². The number of hydrogen-bond donors (Lipinski definition) is 3. The number of benzene rings is 3. The average molecular weight is 662 g/mol. The molecule has 1 aromatic heterocycles. The number of aromatic carboxylic acids is 1. The van der Waals surface area contributed by atoms with Crippen molar-refractivity contribution in [3.05, 3.63) is 90.2 Å². The number of halogens is 5. The Labute approximate surface area is 255 Å². The van der Waals surface area contributed by atoms with Gasteiger partial charge in [0.2, 0.25) is 5.91 Å². The summed E-state index contributed by atoms with van der Waals surface area (Å²) >= 11 is 32.6. The van der Waals surface area contributed by atoms with Gasteiger partial charge in [-0.2, -0.15) is 0 Å². The van der Waals surface area contributed by atoms with Crippen LogP contribution in [0.2, 0.25) is 25.1 Å². The number of nitrogens with one attached hydrogen (secondary N) is 2. The van der Waals surface area contributed by atoms with Crippen LogP contribution in [-0.2, 0) is 4.79 Å². The normalized spacial score (nSPS) is 10.8. The number of aromatic nitrogens is 1. The topological polar surface area (TPSA) is 108 Å². The molecule has 4 aromatic rings. The monoisotopic (exact) mass is 659 g/mol. The molecule has 3 N–H and O–H groups in total. The molecular weight excluding hydrogens is 648 g/mol. The van der Waals surface area contributed by atoms with Crippen molar-refractivity contribution in [2.75, 3.05) is 16.4 Å². The minimum absolute atomic E-state index is 0.0741. The van der Waals surface area contributed by atoms with Crippen molar-refractivity contribution in [1.29, 1.82) is 0 Å². The van der Waals surface area contributed by atoms with E-state index in [1.807, 2.05) is 17.5 Å². The SMILES string of the molecule is O=C(CSc1cccc(NC(=O)c2c(Cl)c(Cl)c(Cl)c(Cl)c2C(=O)O)c1)Nc1nc(-c2ccc(Cl)cc2)cs1. The molecule has 3 aromatic carbocycles. The molecule has 0 unspecified atom stereocenters. The van der Waals surface area contributed by atoms with E-state index in [1.165, 1.54) is 23.1 Å². The van der Waals surface area contributed by atoms with E-state index in [0.29, 0.717) is 20.7 Å². The fraction of sp³-hybridized carbons (Fsp3) is 0.0400. The van der Waals surface area contributed by atoms with Crippen molar-refractivity contribution in [3.63, 3.8) is 0 Å². The second-order valence-corrected chi connectivity index (χ2v) is 11.5. The molecule has 1 heterocycles. The summed E-state index contributed by atoms with van der Waals surface area (Å²) in [4.78, 5) is 42.3. The van der Waals surface area contributed by atoms with Crippen LogP contribution in [0.3, 0.4) is 0 Å². The number of thiazole rings is 1. The molecule has 0 aliphatic rings. The Morgan fingerprint density at radius 1 is 0.872 bits per heavy atom. The molecule has 0 spiro atoms.